The molecule has 1 aromatic heterocycles. The Kier molecular flexibility index (Phi) is 5.38. The van der Waals surface area contributed by atoms with E-state index in [4.69, 9.17) is 0 Å². The molecule has 1 heterocycles. The molecule has 0 fully saturated rings. The molecular formula is C15H19FN4S. The first kappa shape index (κ1) is 15.6. The van der Waals surface area contributed by atoms with Gasteiger partial charge in [0, 0.05) is 18.3 Å². The van der Waals surface area contributed by atoms with Crippen LogP contribution in [0.2, 0.25) is 0 Å². The van der Waals surface area contributed by atoms with E-state index in [9.17, 15) is 4.39 Å². The third-order valence-electron chi connectivity index (χ3n) is 2.89. The van der Waals surface area contributed by atoms with Crippen molar-refractivity contribution in [3.8, 4) is 0 Å². The number of benzene rings is 1. The van der Waals surface area contributed by atoms with E-state index in [0.717, 1.165) is 18.8 Å². The predicted octanol–water partition coefficient (Wildman–Crippen LogP) is 4.21. The summed E-state index contributed by atoms with van der Waals surface area (Å²) in [4.78, 5) is 8.78. The Labute approximate surface area is 128 Å². The molecule has 2 N–H and O–H groups in total. The molecule has 0 aliphatic heterocycles. The van der Waals surface area contributed by atoms with Crippen molar-refractivity contribution in [2.45, 2.75) is 25.4 Å². The maximum atomic E-state index is 13.6. The van der Waals surface area contributed by atoms with Crippen LogP contribution >= 0.6 is 11.8 Å². The highest BCUT2D eigenvalue weighted by atomic mass is 32.2. The Hall–Kier alpha value is -1.82. The molecule has 0 radical (unpaired) electrons. The van der Waals surface area contributed by atoms with E-state index in [1.54, 1.807) is 13.0 Å². The van der Waals surface area contributed by atoms with Crippen molar-refractivity contribution in [2.75, 3.05) is 23.4 Å². The first-order valence-corrected chi connectivity index (χ1v) is 8.05. The third kappa shape index (κ3) is 4.32. The number of hydrogen-bond acceptors (Lipinski definition) is 5. The van der Waals surface area contributed by atoms with Crippen LogP contribution in [-0.4, -0.2) is 22.8 Å². The molecule has 0 saturated heterocycles. The molecule has 2 rings (SSSR count). The molecule has 0 unspecified atom stereocenters. The Morgan fingerprint density at radius 1 is 1.19 bits per heavy atom. The van der Waals surface area contributed by atoms with E-state index < -0.39 is 0 Å². The van der Waals surface area contributed by atoms with Crippen LogP contribution in [0.4, 0.5) is 21.7 Å². The summed E-state index contributed by atoms with van der Waals surface area (Å²) in [5.74, 6) is 1.19. The lowest BCUT2D eigenvalue weighted by atomic mass is 10.2. The van der Waals surface area contributed by atoms with Crippen LogP contribution < -0.4 is 10.6 Å². The molecule has 0 amide bonds. The van der Waals surface area contributed by atoms with Crippen LogP contribution in [0.15, 0.2) is 29.4 Å². The van der Waals surface area contributed by atoms with Crippen molar-refractivity contribution < 1.29 is 4.39 Å². The van der Waals surface area contributed by atoms with Gasteiger partial charge in [-0.05, 0) is 37.3 Å². The zero-order chi connectivity index (χ0) is 15.2. The van der Waals surface area contributed by atoms with E-state index in [2.05, 4.69) is 27.5 Å². The summed E-state index contributed by atoms with van der Waals surface area (Å²) in [7, 11) is 0. The Morgan fingerprint density at radius 3 is 2.62 bits per heavy atom. The quantitative estimate of drug-likeness (QED) is 0.618. The van der Waals surface area contributed by atoms with Crippen LogP contribution in [0.3, 0.4) is 0 Å². The SMILES string of the molecule is CCCNc1cc(Nc2ccc(C)c(F)c2)nc(SC)n1. The molecule has 6 heteroatoms. The van der Waals surface area contributed by atoms with E-state index in [-0.39, 0.29) is 5.82 Å². The lowest BCUT2D eigenvalue weighted by molar-refractivity contribution is 0.619. The van der Waals surface area contributed by atoms with Gasteiger partial charge in [0.15, 0.2) is 5.16 Å². The predicted molar refractivity (Wildman–Crippen MR) is 87.0 cm³/mol. The van der Waals surface area contributed by atoms with Crippen molar-refractivity contribution in [1.29, 1.82) is 0 Å². The van der Waals surface area contributed by atoms with Crippen molar-refractivity contribution in [1.82, 2.24) is 9.97 Å². The molecule has 0 saturated carbocycles. The average Bonchev–Trinajstić information content (AvgIpc) is 2.48. The van der Waals surface area contributed by atoms with Gasteiger partial charge in [0.25, 0.3) is 0 Å². The number of nitrogens with zero attached hydrogens (tertiary/aromatic N) is 2. The fraction of sp³-hybridized carbons (Fsp3) is 0.333. The van der Waals surface area contributed by atoms with E-state index >= 15 is 0 Å². The molecule has 2 aromatic rings. The van der Waals surface area contributed by atoms with E-state index in [0.29, 0.717) is 22.2 Å². The third-order valence-corrected chi connectivity index (χ3v) is 3.44. The fourth-order valence-corrected chi connectivity index (χ4v) is 2.12. The topological polar surface area (TPSA) is 49.8 Å². The summed E-state index contributed by atoms with van der Waals surface area (Å²) in [6, 6.07) is 6.87. The van der Waals surface area contributed by atoms with Gasteiger partial charge in [-0.15, -0.1) is 0 Å². The molecule has 21 heavy (non-hydrogen) atoms. The van der Waals surface area contributed by atoms with Crippen molar-refractivity contribution in [2.24, 2.45) is 0 Å². The summed E-state index contributed by atoms with van der Waals surface area (Å²) >= 11 is 1.47. The summed E-state index contributed by atoms with van der Waals surface area (Å²) in [5, 5.41) is 7.03. The number of hydrogen-bond donors (Lipinski definition) is 2. The van der Waals surface area contributed by atoms with Gasteiger partial charge in [0.1, 0.15) is 17.5 Å². The Balaban J connectivity index is 2.23. The number of aryl methyl sites for hydroxylation is 1. The van der Waals surface area contributed by atoms with Crippen molar-refractivity contribution in [3.05, 3.63) is 35.6 Å². The number of aromatic nitrogens is 2. The number of nitrogens with one attached hydrogen (secondary N) is 2. The minimum absolute atomic E-state index is 0.233. The Bertz CT molecular complexity index is 619. The first-order valence-electron chi connectivity index (χ1n) is 6.82. The zero-order valence-corrected chi connectivity index (χ0v) is 13.2. The molecule has 0 bridgehead atoms. The van der Waals surface area contributed by atoms with Gasteiger partial charge in [0.2, 0.25) is 0 Å². The van der Waals surface area contributed by atoms with E-state index in [1.165, 1.54) is 17.8 Å². The second kappa shape index (κ2) is 7.26. The number of thioether (sulfide) groups is 1. The lowest BCUT2D eigenvalue weighted by Gasteiger charge is -2.10. The Morgan fingerprint density at radius 2 is 1.95 bits per heavy atom. The van der Waals surface area contributed by atoms with Gasteiger partial charge in [-0.2, -0.15) is 0 Å². The monoisotopic (exact) mass is 306 g/mol. The summed E-state index contributed by atoms with van der Waals surface area (Å²) < 4.78 is 13.6. The fourth-order valence-electron chi connectivity index (χ4n) is 1.74. The van der Waals surface area contributed by atoms with Gasteiger partial charge in [0.05, 0.1) is 0 Å². The van der Waals surface area contributed by atoms with Gasteiger partial charge >= 0.3 is 0 Å². The molecule has 0 aliphatic rings. The van der Waals surface area contributed by atoms with Crippen LogP contribution in [0, 0.1) is 12.7 Å². The average molecular weight is 306 g/mol. The second-order valence-electron chi connectivity index (χ2n) is 4.64. The lowest BCUT2D eigenvalue weighted by Crippen LogP contribution is -2.05. The maximum absolute atomic E-state index is 13.6. The molecular weight excluding hydrogens is 287 g/mol. The van der Waals surface area contributed by atoms with Crippen LogP contribution in [0.1, 0.15) is 18.9 Å². The molecule has 0 spiro atoms. The van der Waals surface area contributed by atoms with Crippen LogP contribution in [0.5, 0.6) is 0 Å². The minimum Gasteiger partial charge on any atom is -0.370 e. The number of rotatable bonds is 6. The zero-order valence-electron chi connectivity index (χ0n) is 12.4. The van der Waals surface area contributed by atoms with Crippen LogP contribution in [-0.2, 0) is 0 Å². The highest BCUT2D eigenvalue weighted by Crippen LogP contribution is 2.22. The molecule has 1 aromatic carbocycles. The van der Waals surface area contributed by atoms with Gasteiger partial charge in [-0.3, -0.25) is 0 Å². The maximum Gasteiger partial charge on any atom is 0.191 e. The normalized spacial score (nSPS) is 10.5. The van der Waals surface area contributed by atoms with Gasteiger partial charge in [-0.1, -0.05) is 24.8 Å². The highest BCUT2D eigenvalue weighted by Gasteiger charge is 2.05. The number of anilines is 3. The van der Waals surface area contributed by atoms with Gasteiger partial charge in [-0.25, -0.2) is 14.4 Å². The largest absolute Gasteiger partial charge is 0.370 e. The standard InChI is InChI=1S/C15H19FN4S/c1-4-7-17-13-9-14(20-15(19-13)21-3)18-11-6-5-10(2)12(16)8-11/h5-6,8-9H,4,7H2,1-3H3,(H2,17,18,19,20). The molecule has 4 nitrogen and oxygen atoms in total. The first-order chi connectivity index (χ1) is 10.1. The number of halogens is 1. The van der Waals surface area contributed by atoms with Gasteiger partial charge < -0.3 is 10.6 Å². The molecule has 0 atom stereocenters. The smallest absolute Gasteiger partial charge is 0.191 e. The summed E-state index contributed by atoms with van der Waals surface area (Å²) in [6.07, 6.45) is 2.94. The minimum atomic E-state index is -0.233. The van der Waals surface area contributed by atoms with Crippen molar-refractivity contribution in [3.63, 3.8) is 0 Å². The van der Waals surface area contributed by atoms with Crippen molar-refractivity contribution >= 4 is 29.1 Å². The molecule has 0 aliphatic carbocycles. The summed E-state index contributed by atoms with van der Waals surface area (Å²) in [6.45, 7) is 4.68. The van der Waals surface area contributed by atoms with Crippen LogP contribution in [0.25, 0.3) is 0 Å². The second-order valence-corrected chi connectivity index (χ2v) is 5.41. The highest BCUT2D eigenvalue weighted by molar-refractivity contribution is 7.98. The molecule has 112 valence electrons. The van der Waals surface area contributed by atoms with E-state index in [1.807, 2.05) is 18.4 Å². The summed E-state index contributed by atoms with van der Waals surface area (Å²) in [5.41, 5.74) is 1.30.